The molecule has 0 saturated carbocycles. The standard InChI is InChI=1S/C28H31F2N5O2S/c1-4-8-31-19-15-35-25-21(27(32-28(35)37)34-11-9-33(10-12-34)23(36)5-2)13-17(3)24(26(25)38-16-19)20-7-6-18(29)14-22(20)30/h5-7,13-14,19,31H,2,4,8-12,15-16H2,1,3H3. The molecule has 0 bridgehead atoms. The van der Waals surface area contributed by atoms with Gasteiger partial charge < -0.3 is 15.1 Å². The Labute approximate surface area is 224 Å². The summed E-state index contributed by atoms with van der Waals surface area (Å²) >= 11 is 1.59. The Bertz CT molecular complexity index is 1470. The summed E-state index contributed by atoms with van der Waals surface area (Å²) in [5.74, 6) is -0.129. The Hall–Kier alpha value is -3.24. The number of nitrogens with one attached hydrogen (secondary N) is 1. The van der Waals surface area contributed by atoms with E-state index in [0.717, 1.165) is 40.4 Å². The third-order valence-electron chi connectivity index (χ3n) is 7.18. The number of hydrogen-bond donors (Lipinski definition) is 1. The summed E-state index contributed by atoms with van der Waals surface area (Å²) in [6.07, 6.45) is 2.27. The molecular formula is C28H31F2N5O2S. The second-order valence-corrected chi connectivity index (χ2v) is 10.8. The van der Waals surface area contributed by atoms with Gasteiger partial charge >= 0.3 is 5.69 Å². The predicted octanol–water partition coefficient (Wildman–Crippen LogP) is 3.96. The van der Waals surface area contributed by atoms with Crippen molar-refractivity contribution in [2.24, 2.45) is 0 Å². The number of carbonyl (C=O) groups is 1. The van der Waals surface area contributed by atoms with E-state index in [4.69, 9.17) is 0 Å². The fourth-order valence-corrected chi connectivity index (χ4v) is 6.66. The molecule has 0 aliphatic carbocycles. The van der Waals surface area contributed by atoms with Gasteiger partial charge in [0.05, 0.1) is 5.52 Å². The zero-order valence-corrected chi connectivity index (χ0v) is 22.4. The van der Waals surface area contributed by atoms with Gasteiger partial charge in [0.1, 0.15) is 17.5 Å². The number of thioether (sulfide) groups is 1. The Kier molecular flexibility index (Phi) is 7.54. The lowest BCUT2D eigenvalue weighted by atomic mass is 9.97. The Morgan fingerprint density at radius 3 is 2.68 bits per heavy atom. The monoisotopic (exact) mass is 539 g/mol. The Morgan fingerprint density at radius 2 is 2.00 bits per heavy atom. The van der Waals surface area contributed by atoms with Crippen molar-refractivity contribution in [1.29, 1.82) is 0 Å². The molecular weight excluding hydrogens is 508 g/mol. The van der Waals surface area contributed by atoms with E-state index in [-0.39, 0.29) is 17.6 Å². The molecule has 0 spiro atoms. The van der Waals surface area contributed by atoms with Gasteiger partial charge in [0, 0.05) is 72.0 Å². The summed E-state index contributed by atoms with van der Waals surface area (Å²) in [6, 6.07) is 5.61. The van der Waals surface area contributed by atoms with Crippen LogP contribution in [0.2, 0.25) is 0 Å². The van der Waals surface area contributed by atoms with E-state index in [2.05, 4.69) is 23.8 Å². The van der Waals surface area contributed by atoms with Crippen LogP contribution in [0, 0.1) is 18.6 Å². The van der Waals surface area contributed by atoms with Gasteiger partial charge in [-0.15, -0.1) is 11.8 Å². The van der Waals surface area contributed by atoms with Crippen molar-refractivity contribution < 1.29 is 13.6 Å². The number of rotatable bonds is 6. The average Bonchev–Trinajstić information content (AvgIpc) is 3.10. The second kappa shape index (κ2) is 10.9. The van der Waals surface area contributed by atoms with Gasteiger partial charge in [-0.3, -0.25) is 9.36 Å². The highest BCUT2D eigenvalue weighted by Crippen LogP contribution is 2.44. The number of anilines is 1. The maximum Gasteiger partial charge on any atom is 0.350 e. The molecule has 0 radical (unpaired) electrons. The molecule has 3 heterocycles. The van der Waals surface area contributed by atoms with Crippen LogP contribution in [0.25, 0.3) is 22.0 Å². The van der Waals surface area contributed by atoms with Crippen LogP contribution in [0.1, 0.15) is 18.9 Å². The van der Waals surface area contributed by atoms with E-state index in [1.54, 1.807) is 21.2 Å². The van der Waals surface area contributed by atoms with E-state index in [0.29, 0.717) is 55.4 Å². The van der Waals surface area contributed by atoms with Crippen molar-refractivity contribution in [3.05, 3.63) is 64.6 Å². The molecule has 38 heavy (non-hydrogen) atoms. The number of carbonyl (C=O) groups excluding carboxylic acids is 1. The summed E-state index contributed by atoms with van der Waals surface area (Å²) in [5.41, 5.74) is 2.16. The minimum absolute atomic E-state index is 0.0283. The second-order valence-electron chi connectivity index (χ2n) is 9.73. The molecule has 1 atom stereocenters. The summed E-state index contributed by atoms with van der Waals surface area (Å²) < 4.78 is 30.6. The molecule has 2 aromatic carbocycles. The normalized spacial score (nSPS) is 17.5. The largest absolute Gasteiger partial charge is 0.352 e. The number of halogens is 2. The van der Waals surface area contributed by atoms with E-state index >= 15 is 4.39 Å². The highest BCUT2D eigenvalue weighted by molar-refractivity contribution is 7.99. The smallest absolute Gasteiger partial charge is 0.350 e. The Balaban J connectivity index is 1.69. The van der Waals surface area contributed by atoms with Gasteiger partial charge in [0.15, 0.2) is 0 Å². The van der Waals surface area contributed by atoms with Gasteiger partial charge in [0.25, 0.3) is 0 Å². The molecule has 200 valence electrons. The lowest BCUT2D eigenvalue weighted by Gasteiger charge is -2.35. The highest BCUT2D eigenvalue weighted by atomic mass is 32.2. The van der Waals surface area contributed by atoms with Gasteiger partial charge in [-0.1, -0.05) is 13.5 Å². The molecule has 1 aromatic heterocycles. The fraction of sp³-hybridized carbons (Fsp3) is 0.393. The van der Waals surface area contributed by atoms with Crippen molar-refractivity contribution >= 4 is 34.4 Å². The summed E-state index contributed by atoms with van der Waals surface area (Å²) in [6.45, 7) is 10.9. The van der Waals surface area contributed by atoms with Gasteiger partial charge in [-0.05, 0) is 49.7 Å². The first kappa shape index (κ1) is 26.4. The maximum atomic E-state index is 15.1. The van der Waals surface area contributed by atoms with E-state index < -0.39 is 11.6 Å². The topological polar surface area (TPSA) is 70.5 Å². The van der Waals surface area contributed by atoms with Crippen LogP contribution in [0.3, 0.4) is 0 Å². The maximum absolute atomic E-state index is 15.1. The number of aromatic nitrogens is 2. The SMILES string of the molecule is C=CC(=O)N1CCN(c2nc(=O)n3c4c(c(-c5ccc(F)cc5F)c(C)cc24)SCC(NCCC)C3)CC1. The number of aryl methyl sites for hydroxylation is 1. The number of amides is 1. The lowest BCUT2D eigenvalue weighted by Crippen LogP contribution is -2.49. The van der Waals surface area contributed by atoms with Crippen LogP contribution >= 0.6 is 11.8 Å². The van der Waals surface area contributed by atoms with E-state index in [9.17, 15) is 14.0 Å². The molecule has 1 unspecified atom stereocenters. The molecule has 1 fully saturated rings. The third-order valence-corrected chi connectivity index (χ3v) is 8.43. The van der Waals surface area contributed by atoms with Crippen LogP contribution in [-0.4, -0.2) is 64.9 Å². The van der Waals surface area contributed by atoms with Crippen LogP contribution < -0.4 is 15.9 Å². The predicted molar refractivity (Wildman–Crippen MR) is 148 cm³/mol. The zero-order chi connectivity index (χ0) is 27.0. The molecule has 3 aromatic rings. The van der Waals surface area contributed by atoms with Crippen molar-refractivity contribution in [3.63, 3.8) is 0 Å². The molecule has 10 heteroatoms. The Morgan fingerprint density at radius 1 is 1.24 bits per heavy atom. The van der Waals surface area contributed by atoms with Crippen LogP contribution in [0.4, 0.5) is 14.6 Å². The lowest BCUT2D eigenvalue weighted by molar-refractivity contribution is -0.126. The van der Waals surface area contributed by atoms with Crippen molar-refractivity contribution in [3.8, 4) is 11.1 Å². The number of hydrogen-bond acceptors (Lipinski definition) is 6. The first-order valence-electron chi connectivity index (χ1n) is 12.9. The summed E-state index contributed by atoms with van der Waals surface area (Å²) in [5, 5.41) is 4.34. The molecule has 1 N–H and O–H groups in total. The number of piperazine rings is 1. The van der Waals surface area contributed by atoms with Gasteiger partial charge in [-0.2, -0.15) is 4.98 Å². The van der Waals surface area contributed by atoms with Gasteiger partial charge in [-0.25, -0.2) is 13.6 Å². The van der Waals surface area contributed by atoms with Crippen molar-refractivity contribution in [2.45, 2.75) is 37.8 Å². The molecule has 1 amide bonds. The summed E-state index contributed by atoms with van der Waals surface area (Å²) in [7, 11) is 0. The minimum atomic E-state index is -0.639. The quantitative estimate of drug-likeness (QED) is 0.479. The molecule has 2 aliphatic heterocycles. The van der Waals surface area contributed by atoms with E-state index in [1.165, 1.54) is 18.2 Å². The zero-order valence-electron chi connectivity index (χ0n) is 21.6. The van der Waals surface area contributed by atoms with Crippen molar-refractivity contribution in [1.82, 2.24) is 19.8 Å². The molecule has 1 saturated heterocycles. The number of nitrogens with zero attached hydrogens (tertiary/aromatic N) is 4. The van der Waals surface area contributed by atoms with Crippen LogP contribution in [0.15, 0.2) is 46.6 Å². The van der Waals surface area contributed by atoms with Gasteiger partial charge in [0.2, 0.25) is 5.91 Å². The molecule has 7 nitrogen and oxygen atoms in total. The number of benzene rings is 2. The van der Waals surface area contributed by atoms with E-state index in [1.807, 2.05) is 17.9 Å². The summed E-state index contributed by atoms with van der Waals surface area (Å²) in [4.78, 5) is 34.7. The van der Waals surface area contributed by atoms with Crippen LogP contribution in [0.5, 0.6) is 0 Å². The van der Waals surface area contributed by atoms with Crippen molar-refractivity contribution in [2.75, 3.05) is 43.4 Å². The highest BCUT2D eigenvalue weighted by Gasteiger charge is 2.29. The fourth-order valence-electron chi connectivity index (χ4n) is 5.30. The average molecular weight is 540 g/mol. The first-order valence-corrected chi connectivity index (χ1v) is 13.9. The van der Waals surface area contributed by atoms with Crippen LogP contribution in [-0.2, 0) is 11.3 Å². The minimum Gasteiger partial charge on any atom is -0.352 e. The molecule has 5 rings (SSSR count). The molecule has 2 aliphatic rings. The third kappa shape index (κ3) is 4.82. The first-order chi connectivity index (χ1) is 18.3.